The molecule has 1 N–H and O–H groups in total. The molecule has 19 heavy (non-hydrogen) atoms. The molecule has 1 rings (SSSR count). The number of methoxy groups -OCH3 is 1. The Kier molecular flexibility index (Phi) is 8.21. The average Bonchev–Trinajstić information content (AvgIpc) is 2.43. The van der Waals surface area contributed by atoms with Crippen LogP contribution in [0.25, 0.3) is 0 Å². The van der Waals surface area contributed by atoms with E-state index in [0.717, 1.165) is 30.9 Å². The third-order valence-corrected chi connectivity index (χ3v) is 2.70. The van der Waals surface area contributed by atoms with Crippen LogP contribution in [0.2, 0.25) is 0 Å². The fourth-order valence-corrected chi connectivity index (χ4v) is 1.81. The van der Waals surface area contributed by atoms with Crippen LogP contribution in [-0.2, 0) is 22.6 Å². The molecule has 0 heterocycles. The topological polar surface area (TPSA) is 39.7 Å². The van der Waals surface area contributed by atoms with Crippen molar-refractivity contribution in [2.75, 3.05) is 34.0 Å². The Bertz CT molecular complexity index is 355. The second-order valence-corrected chi connectivity index (χ2v) is 4.34. The lowest BCUT2D eigenvalue weighted by Crippen LogP contribution is -2.08. The quantitative estimate of drug-likeness (QED) is 0.661. The molecular weight excluding hydrogens is 242 g/mol. The highest BCUT2D eigenvalue weighted by Gasteiger charge is 2.04. The van der Waals surface area contributed by atoms with Gasteiger partial charge in [-0.15, -0.1) is 0 Å². The summed E-state index contributed by atoms with van der Waals surface area (Å²) in [5.41, 5.74) is 2.30. The van der Waals surface area contributed by atoms with Gasteiger partial charge in [-0.05, 0) is 31.2 Å². The third kappa shape index (κ3) is 6.05. The largest absolute Gasteiger partial charge is 0.496 e. The summed E-state index contributed by atoms with van der Waals surface area (Å²) in [6.07, 6.45) is 1.04. The Morgan fingerprint density at radius 1 is 1.11 bits per heavy atom. The number of nitrogens with one attached hydrogen (secondary N) is 1. The van der Waals surface area contributed by atoms with E-state index in [-0.39, 0.29) is 0 Å². The lowest BCUT2D eigenvalue weighted by atomic mass is 10.1. The van der Waals surface area contributed by atoms with Gasteiger partial charge in [-0.3, -0.25) is 0 Å². The fourth-order valence-electron chi connectivity index (χ4n) is 1.81. The minimum atomic E-state index is 0.552. The van der Waals surface area contributed by atoms with Crippen LogP contribution in [0.5, 0.6) is 5.75 Å². The van der Waals surface area contributed by atoms with Gasteiger partial charge in [-0.1, -0.05) is 13.0 Å². The number of rotatable bonds is 10. The molecule has 0 radical (unpaired) electrons. The van der Waals surface area contributed by atoms with E-state index in [9.17, 15) is 0 Å². The second-order valence-electron chi connectivity index (χ2n) is 4.34. The molecule has 4 heteroatoms. The van der Waals surface area contributed by atoms with Gasteiger partial charge in [0.2, 0.25) is 0 Å². The Morgan fingerprint density at radius 3 is 2.58 bits per heavy atom. The maximum absolute atomic E-state index is 5.62. The van der Waals surface area contributed by atoms with Crippen LogP contribution in [0.15, 0.2) is 18.2 Å². The lowest BCUT2D eigenvalue weighted by Gasteiger charge is -2.11. The first-order valence-electron chi connectivity index (χ1n) is 6.77. The molecule has 0 aromatic heterocycles. The van der Waals surface area contributed by atoms with Crippen molar-refractivity contribution in [1.82, 2.24) is 5.32 Å². The van der Waals surface area contributed by atoms with Crippen LogP contribution in [0.3, 0.4) is 0 Å². The predicted octanol–water partition coefficient (Wildman–Crippen LogP) is 2.36. The van der Waals surface area contributed by atoms with E-state index in [1.165, 1.54) is 5.56 Å². The number of benzene rings is 1. The SMILES string of the molecule is CCCOCCOCc1cc(CNC)ccc1OC. The van der Waals surface area contributed by atoms with Crippen molar-refractivity contribution in [3.05, 3.63) is 29.3 Å². The zero-order valence-corrected chi connectivity index (χ0v) is 12.2. The summed E-state index contributed by atoms with van der Waals surface area (Å²) >= 11 is 0. The Labute approximate surface area is 116 Å². The minimum absolute atomic E-state index is 0.552. The van der Waals surface area contributed by atoms with Crippen molar-refractivity contribution < 1.29 is 14.2 Å². The molecule has 0 saturated carbocycles. The van der Waals surface area contributed by atoms with Crippen LogP contribution in [0.4, 0.5) is 0 Å². The van der Waals surface area contributed by atoms with Gasteiger partial charge in [0, 0.05) is 18.7 Å². The number of ether oxygens (including phenoxy) is 3. The summed E-state index contributed by atoms with van der Waals surface area (Å²) in [4.78, 5) is 0. The maximum Gasteiger partial charge on any atom is 0.124 e. The molecule has 0 bridgehead atoms. The summed E-state index contributed by atoms with van der Waals surface area (Å²) in [6, 6.07) is 6.16. The third-order valence-electron chi connectivity index (χ3n) is 2.70. The van der Waals surface area contributed by atoms with E-state index in [1.807, 2.05) is 13.1 Å². The van der Waals surface area contributed by atoms with E-state index >= 15 is 0 Å². The second kappa shape index (κ2) is 9.78. The fraction of sp³-hybridized carbons (Fsp3) is 0.600. The molecule has 1 aromatic carbocycles. The van der Waals surface area contributed by atoms with Crippen molar-refractivity contribution >= 4 is 0 Å². The molecular formula is C15H25NO3. The van der Waals surface area contributed by atoms with Crippen LogP contribution < -0.4 is 10.1 Å². The van der Waals surface area contributed by atoms with Gasteiger partial charge < -0.3 is 19.5 Å². The summed E-state index contributed by atoms with van der Waals surface area (Å²) in [5.74, 6) is 0.870. The molecule has 108 valence electrons. The summed E-state index contributed by atoms with van der Waals surface area (Å²) in [7, 11) is 3.62. The van der Waals surface area contributed by atoms with E-state index in [1.54, 1.807) is 7.11 Å². The van der Waals surface area contributed by atoms with Crippen molar-refractivity contribution in [3.8, 4) is 5.75 Å². The van der Waals surface area contributed by atoms with Crippen molar-refractivity contribution in [1.29, 1.82) is 0 Å². The lowest BCUT2D eigenvalue weighted by molar-refractivity contribution is 0.0402. The van der Waals surface area contributed by atoms with Gasteiger partial charge >= 0.3 is 0 Å². The molecule has 0 aliphatic rings. The monoisotopic (exact) mass is 267 g/mol. The summed E-state index contributed by atoms with van der Waals surface area (Å²) in [6.45, 7) is 5.54. The molecule has 0 unspecified atom stereocenters. The van der Waals surface area contributed by atoms with Crippen molar-refractivity contribution in [2.45, 2.75) is 26.5 Å². The first-order chi connectivity index (χ1) is 9.31. The standard InChI is InChI=1S/C15H25NO3/c1-4-7-18-8-9-19-12-14-10-13(11-16-2)5-6-15(14)17-3/h5-6,10,16H,4,7-9,11-12H2,1-3H3. The first kappa shape index (κ1) is 16.0. The Balaban J connectivity index is 2.43. The van der Waals surface area contributed by atoms with E-state index in [4.69, 9.17) is 14.2 Å². The molecule has 0 atom stereocenters. The molecule has 0 aliphatic heterocycles. The van der Waals surface area contributed by atoms with Crippen LogP contribution in [0.1, 0.15) is 24.5 Å². The Hall–Kier alpha value is -1.10. The van der Waals surface area contributed by atoms with Crippen LogP contribution >= 0.6 is 0 Å². The number of hydrogen-bond donors (Lipinski definition) is 1. The molecule has 4 nitrogen and oxygen atoms in total. The highest BCUT2D eigenvalue weighted by molar-refractivity contribution is 5.36. The van der Waals surface area contributed by atoms with Gasteiger partial charge in [-0.25, -0.2) is 0 Å². The van der Waals surface area contributed by atoms with E-state index < -0.39 is 0 Å². The highest BCUT2D eigenvalue weighted by Crippen LogP contribution is 2.20. The van der Waals surface area contributed by atoms with Gasteiger partial charge in [0.05, 0.1) is 26.9 Å². The first-order valence-corrected chi connectivity index (χ1v) is 6.77. The maximum atomic E-state index is 5.62. The smallest absolute Gasteiger partial charge is 0.124 e. The van der Waals surface area contributed by atoms with Gasteiger partial charge in [0.1, 0.15) is 5.75 Å². The van der Waals surface area contributed by atoms with Crippen molar-refractivity contribution in [3.63, 3.8) is 0 Å². The normalized spacial score (nSPS) is 10.7. The van der Waals surface area contributed by atoms with Crippen LogP contribution in [-0.4, -0.2) is 34.0 Å². The zero-order chi connectivity index (χ0) is 13.9. The molecule has 0 amide bonds. The molecule has 0 aliphatic carbocycles. The minimum Gasteiger partial charge on any atom is -0.496 e. The van der Waals surface area contributed by atoms with Gasteiger partial charge in [-0.2, -0.15) is 0 Å². The average molecular weight is 267 g/mol. The molecule has 0 spiro atoms. The number of hydrogen-bond acceptors (Lipinski definition) is 4. The van der Waals surface area contributed by atoms with Gasteiger partial charge in [0.25, 0.3) is 0 Å². The van der Waals surface area contributed by atoms with E-state index in [0.29, 0.717) is 19.8 Å². The summed E-state index contributed by atoms with van der Waals surface area (Å²) < 4.78 is 16.3. The molecule has 0 fully saturated rings. The Morgan fingerprint density at radius 2 is 1.89 bits per heavy atom. The van der Waals surface area contributed by atoms with Crippen LogP contribution in [0, 0.1) is 0 Å². The van der Waals surface area contributed by atoms with Crippen molar-refractivity contribution in [2.24, 2.45) is 0 Å². The molecule has 1 aromatic rings. The summed E-state index contributed by atoms with van der Waals surface area (Å²) in [5, 5.41) is 3.14. The predicted molar refractivity (Wildman–Crippen MR) is 76.5 cm³/mol. The van der Waals surface area contributed by atoms with Gasteiger partial charge in [0.15, 0.2) is 0 Å². The highest BCUT2D eigenvalue weighted by atomic mass is 16.5. The molecule has 0 saturated heterocycles. The zero-order valence-electron chi connectivity index (χ0n) is 12.2. The van der Waals surface area contributed by atoms with E-state index in [2.05, 4.69) is 24.4 Å².